The lowest BCUT2D eigenvalue weighted by molar-refractivity contribution is 0.0526. The molecule has 2 heterocycles. The molecule has 1 unspecified atom stereocenters. The number of nitrogens with zero attached hydrogens (tertiary/aromatic N) is 1. The average Bonchev–Trinajstić information content (AvgIpc) is 3.29. The number of hydrogen-bond donors (Lipinski definition) is 1. The zero-order valence-electron chi connectivity index (χ0n) is 23.1. The monoisotopic (exact) mass is 542 g/mol. The van der Waals surface area contributed by atoms with E-state index in [4.69, 9.17) is 14.5 Å². The number of ether oxygens (including phenoxy) is 2. The molecule has 0 saturated heterocycles. The minimum atomic E-state index is -0.379. The third kappa shape index (κ3) is 5.41. The van der Waals surface area contributed by atoms with Gasteiger partial charge in [0.2, 0.25) is 0 Å². The van der Waals surface area contributed by atoms with Crippen LogP contribution in [0.15, 0.2) is 54.6 Å². The van der Waals surface area contributed by atoms with Gasteiger partial charge in [0.05, 0.1) is 36.1 Å². The number of fused-ring (bicyclic) bond motifs is 2. The molecule has 2 aromatic heterocycles. The number of para-hydroxylation sites is 1. The van der Waals surface area contributed by atoms with E-state index in [1.807, 2.05) is 48.5 Å². The van der Waals surface area contributed by atoms with Gasteiger partial charge in [-0.15, -0.1) is 11.3 Å². The second-order valence-electron chi connectivity index (χ2n) is 11.0. The van der Waals surface area contributed by atoms with E-state index in [9.17, 15) is 9.59 Å². The number of thiophene rings is 1. The van der Waals surface area contributed by atoms with Crippen molar-refractivity contribution >= 4 is 39.1 Å². The normalized spacial score (nSPS) is 15.1. The van der Waals surface area contributed by atoms with Gasteiger partial charge in [0.15, 0.2) is 0 Å². The molecule has 39 heavy (non-hydrogen) atoms. The Bertz CT molecular complexity index is 1550. The molecule has 0 radical (unpaired) electrons. The van der Waals surface area contributed by atoms with Gasteiger partial charge in [0, 0.05) is 15.8 Å². The molecule has 0 spiro atoms. The lowest BCUT2D eigenvalue weighted by Gasteiger charge is -2.33. The fourth-order valence-corrected chi connectivity index (χ4v) is 6.61. The minimum absolute atomic E-state index is 0.168. The average molecular weight is 543 g/mol. The Hall–Kier alpha value is -3.71. The number of amides is 1. The van der Waals surface area contributed by atoms with Gasteiger partial charge in [-0.3, -0.25) is 4.79 Å². The first-order chi connectivity index (χ1) is 18.7. The summed E-state index contributed by atoms with van der Waals surface area (Å²) in [6.45, 7) is 8.87. The minimum Gasteiger partial charge on any atom is -0.497 e. The van der Waals surface area contributed by atoms with Gasteiger partial charge >= 0.3 is 5.97 Å². The first-order valence-electron chi connectivity index (χ1n) is 13.4. The van der Waals surface area contributed by atoms with E-state index in [1.54, 1.807) is 20.1 Å². The molecular weight excluding hydrogens is 508 g/mol. The van der Waals surface area contributed by atoms with E-state index in [0.717, 1.165) is 40.7 Å². The van der Waals surface area contributed by atoms with Crippen LogP contribution in [0.1, 0.15) is 65.3 Å². The van der Waals surface area contributed by atoms with Crippen LogP contribution in [0.3, 0.4) is 0 Å². The molecule has 0 bridgehead atoms. The molecule has 0 fully saturated rings. The molecule has 4 aromatic rings. The number of aromatic nitrogens is 1. The predicted octanol–water partition coefficient (Wildman–Crippen LogP) is 7.55. The Morgan fingerprint density at radius 2 is 1.90 bits per heavy atom. The smallest absolute Gasteiger partial charge is 0.341 e. The van der Waals surface area contributed by atoms with Gasteiger partial charge in [0.1, 0.15) is 10.8 Å². The van der Waals surface area contributed by atoms with Crippen molar-refractivity contribution < 1.29 is 19.1 Å². The summed E-state index contributed by atoms with van der Waals surface area (Å²) in [6, 6.07) is 17.0. The van der Waals surface area contributed by atoms with Gasteiger partial charge in [-0.2, -0.15) is 0 Å². The summed E-state index contributed by atoms with van der Waals surface area (Å²) in [7, 11) is 1.62. The van der Waals surface area contributed by atoms with Crippen molar-refractivity contribution in [3.05, 3.63) is 76.2 Å². The standard InChI is InChI=1S/C32H34N2O4S/c1-6-38-31(36)28-23-15-14-20(32(2,3)4)17-27(23)39-30(28)34-29(35)24-18-26(19-10-9-11-21(16-19)37-5)33-25-13-8-7-12-22(24)25/h7-13,16,18,20H,6,14-15,17H2,1-5H3,(H,34,35). The van der Waals surface area contributed by atoms with E-state index < -0.39 is 0 Å². The van der Waals surface area contributed by atoms with Crippen LogP contribution < -0.4 is 10.1 Å². The van der Waals surface area contributed by atoms with E-state index >= 15 is 0 Å². The van der Waals surface area contributed by atoms with Crippen LogP contribution in [-0.4, -0.2) is 30.6 Å². The maximum Gasteiger partial charge on any atom is 0.341 e. The van der Waals surface area contributed by atoms with Crippen molar-refractivity contribution in [2.24, 2.45) is 11.3 Å². The number of methoxy groups -OCH3 is 1. The van der Waals surface area contributed by atoms with Crippen molar-refractivity contribution in [2.45, 2.75) is 47.0 Å². The van der Waals surface area contributed by atoms with Crippen LogP contribution in [0, 0.1) is 11.3 Å². The number of anilines is 1. The van der Waals surface area contributed by atoms with Crippen molar-refractivity contribution in [1.29, 1.82) is 0 Å². The van der Waals surface area contributed by atoms with Crippen molar-refractivity contribution in [1.82, 2.24) is 4.98 Å². The molecule has 1 aliphatic carbocycles. The highest BCUT2D eigenvalue weighted by molar-refractivity contribution is 7.17. The molecule has 6 nitrogen and oxygen atoms in total. The van der Waals surface area contributed by atoms with Gasteiger partial charge in [-0.25, -0.2) is 9.78 Å². The highest BCUT2D eigenvalue weighted by Gasteiger charge is 2.34. The quantitative estimate of drug-likeness (QED) is 0.255. The maximum atomic E-state index is 13.9. The predicted molar refractivity (Wildman–Crippen MR) is 157 cm³/mol. The molecule has 2 aromatic carbocycles. The van der Waals surface area contributed by atoms with E-state index in [2.05, 4.69) is 26.1 Å². The number of benzene rings is 2. The fraction of sp³-hybridized carbons (Fsp3) is 0.344. The first-order valence-corrected chi connectivity index (χ1v) is 14.2. The van der Waals surface area contributed by atoms with Crippen LogP contribution in [0.5, 0.6) is 5.75 Å². The Morgan fingerprint density at radius 1 is 1.10 bits per heavy atom. The maximum absolute atomic E-state index is 13.9. The second-order valence-corrected chi connectivity index (χ2v) is 12.1. The largest absolute Gasteiger partial charge is 0.497 e. The van der Waals surface area contributed by atoms with Crippen LogP contribution in [0.4, 0.5) is 5.00 Å². The summed E-state index contributed by atoms with van der Waals surface area (Å²) < 4.78 is 10.8. The molecule has 7 heteroatoms. The topological polar surface area (TPSA) is 77.5 Å². The molecule has 0 aliphatic heterocycles. The van der Waals surface area contributed by atoms with Crippen molar-refractivity contribution in [3.8, 4) is 17.0 Å². The number of hydrogen-bond acceptors (Lipinski definition) is 6. The lowest BCUT2D eigenvalue weighted by Crippen LogP contribution is -2.26. The second kappa shape index (κ2) is 10.8. The Labute approximate surface area is 233 Å². The van der Waals surface area contributed by atoms with Gasteiger partial charge in [-0.05, 0) is 67.3 Å². The van der Waals surface area contributed by atoms with Gasteiger partial charge < -0.3 is 14.8 Å². The van der Waals surface area contributed by atoms with E-state index in [0.29, 0.717) is 39.0 Å². The zero-order chi connectivity index (χ0) is 27.7. The van der Waals surface area contributed by atoms with Gasteiger partial charge in [-0.1, -0.05) is 51.1 Å². The molecule has 1 amide bonds. The lowest BCUT2D eigenvalue weighted by atomic mass is 9.72. The Balaban J connectivity index is 1.56. The molecule has 1 atom stereocenters. The van der Waals surface area contributed by atoms with Crippen LogP contribution in [-0.2, 0) is 17.6 Å². The molecule has 5 rings (SSSR count). The summed E-state index contributed by atoms with van der Waals surface area (Å²) in [5, 5.41) is 4.40. The number of carbonyl (C=O) groups is 2. The number of pyridine rings is 1. The Kier molecular flexibility index (Phi) is 7.45. The first kappa shape index (κ1) is 26.9. The molecule has 1 N–H and O–H groups in total. The summed E-state index contributed by atoms with van der Waals surface area (Å²) in [5.41, 5.74) is 4.42. The van der Waals surface area contributed by atoms with Crippen LogP contribution >= 0.6 is 11.3 Å². The third-order valence-electron chi connectivity index (χ3n) is 7.52. The summed E-state index contributed by atoms with van der Waals surface area (Å²) in [6.07, 6.45) is 2.70. The molecule has 0 saturated carbocycles. The zero-order valence-corrected chi connectivity index (χ0v) is 23.9. The van der Waals surface area contributed by atoms with Crippen LogP contribution in [0.25, 0.3) is 22.2 Å². The molecular formula is C32H34N2O4S. The number of nitrogens with one attached hydrogen (secondary N) is 1. The molecule has 202 valence electrons. The summed E-state index contributed by atoms with van der Waals surface area (Å²) >= 11 is 1.50. The summed E-state index contributed by atoms with van der Waals surface area (Å²) in [4.78, 5) is 33.0. The highest BCUT2D eigenvalue weighted by atomic mass is 32.1. The van der Waals surface area contributed by atoms with Crippen LogP contribution in [0.2, 0.25) is 0 Å². The SMILES string of the molecule is CCOC(=O)c1c(NC(=O)c2cc(-c3cccc(OC)c3)nc3ccccc23)sc2c1CCC(C(C)(C)C)C2. The third-order valence-corrected chi connectivity index (χ3v) is 8.69. The highest BCUT2D eigenvalue weighted by Crippen LogP contribution is 2.44. The fourth-order valence-electron chi connectivity index (χ4n) is 5.30. The number of esters is 1. The Morgan fingerprint density at radius 3 is 2.64 bits per heavy atom. The van der Waals surface area contributed by atoms with E-state index in [-0.39, 0.29) is 23.9 Å². The van der Waals surface area contributed by atoms with Crippen molar-refractivity contribution in [3.63, 3.8) is 0 Å². The number of carbonyl (C=O) groups excluding carboxylic acids is 2. The van der Waals surface area contributed by atoms with E-state index in [1.165, 1.54) is 11.3 Å². The molecule has 1 aliphatic rings. The summed E-state index contributed by atoms with van der Waals surface area (Å²) in [5.74, 6) is 0.563. The number of rotatable bonds is 6. The van der Waals surface area contributed by atoms with Crippen molar-refractivity contribution in [2.75, 3.05) is 19.0 Å². The van der Waals surface area contributed by atoms with Gasteiger partial charge in [0.25, 0.3) is 5.91 Å².